The SMILES string of the molecule is CCCCC(=O)N1CCCC(C(=O)Nc2ccc(Br)cn2)C1. The third kappa shape index (κ3) is 4.80. The van der Waals surface area contributed by atoms with E-state index in [0.29, 0.717) is 18.8 Å². The fraction of sp³-hybridized carbons (Fsp3) is 0.562. The van der Waals surface area contributed by atoms with E-state index in [1.54, 1.807) is 12.3 Å². The van der Waals surface area contributed by atoms with Crippen LogP contribution in [-0.4, -0.2) is 34.8 Å². The van der Waals surface area contributed by atoms with Gasteiger partial charge in [-0.15, -0.1) is 0 Å². The minimum absolute atomic E-state index is 0.0530. The number of hydrogen-bond donors (Lipinski definition) is 1. The zero-order valence-corrected chi connectivity index (χ0v) is 14.4. The van der Waals surface area contributed by atoms with Gasteiger partial charge in [-0.1, -0.05) is 13.3 Å². The van der Waals surface area contributed by atoms with Gasteiger partial charge in [0, 0.05) is 30.2 Å². The Kier molecular flexibility index (Phi) is 6.36. The highest BCUT2D eigenvalue weighted by molar-refractivity contribution is 9.10. The van der Waals surface area contributed by atoms with Crippen molar-refractivity contribution in [1.82, 2.24) is 9.88 Å². The van der Waals surface area contributed by atoms with E-state index in [0.717, 1.165) is 36.7 Å². The van der Waals surface area contributed by atoms with Crippen LogP contribution in [0.1, 0.15) is 39.0 Å². The average molecular weight is 368 g/mol. The van der Waals surface area contributed by atoms with E-state index < -0.39 is 0 Å². The van der Waals surface area contributed by atoms with Crippen molar-refractivity contribution in [1.29, 1.82) is 0 Å². The molecule has 0 bridgehead atoms. The van der Waals surface area contributed by atoms with Gasteiger partial charge in [0.1, 0.15) is 5.82 Å². The van der Waals surface area contributed by atoms with Crippen molar-refractivity contribution in [2.75, 3.05) is 18.4 Å². The molecule has 0 aromatic carbocycles. The van der Waals surface area contributed by atoms with Gasteiger partial charge >= 0.3 is 0 Å². The largest absolute Gasteiger partial charge is 0.342 e. The van der Waals surface area contributed by atoms with Crippen LogP contribution in [0.3, 0.4) is 0 Å². The maximum atomic E-state index is 12.3. The summed E-state index contributed by atoms with van der Waals surface area (Å²) in [5.74, 6) is 0.510. The van der Waals surface area contributed by atoms with Crippen LogP contribution in [0.5, 0.6) is 0 Å². The van der Waals surface area contributed by atoms with Gasteiger partial charge in [-0.05, 0) is 47.3 Å². The molecule has 120 valence electrons. The number of pyridine rings is 1. The molecule has 1 unspecified atom stereocenters. The number of aromatic nitrogens is 1. The quantitative estimate of drug-likeness (QED) is 0.868. The van der Waals surface area contributed by atoms with E-state index in [-0.39, 0.29) is 17.7 Å². The summed E-state index contributed by atoms with van der Waals surface area (Å²) in [6, 6.07) is 3.60. The van der Waals surface area contributed by atoms with Gasteiger partial charge < -0.3 is 10.2 Å². The molecule has 6 heteroatoms. The van der Waals surface area contributed by atoms with E-state index in [1.807, 2.05) is 11.0 Å². The molecule has 0 radical (unpaired) electrons. The average Bonchev–Trinajstić information content (AvgIpc) is 2.54. The molecular weight excluding hydrogens is 346 g/mol. The second-order valence-corrected chi connectivity index (χ2v) is 6.55. The second-order valence-electron chi connectivity index (χ2n) is 5.63. The van der Waals surface area contributed by atoms with Gasteiger partial charge in [0.05, 0.1) is 5.92 Å². The van der Waals surface area contributed by atoms with E-state index in [2.05, 4.69) is 33.2 Å². The molecule has 1 fully saturated rings. The third-order valence-electron chi connectivity index (χ3n) is 3.87. The van der Waals surface area contributed by atoms with Crippen molar-refractivity contribution < 1.29 is 9.59 Å². The number of halogens is 1. The Morgan fingerprint density at radius 2 is 2.27 bits per heavy atom. The third-order valence-corrected chi connectivity index (χ3v) is 4.34. The fourth-order valence-electron chi connectivity index (χ4n) is 2.58. The topological polar surface area (TPSA) is 62.3 Å². The number of likely N-dealkylation sites (tertiary alicyclic amines) is 1. The summed E-state index contributed by atoms with van der Waals surface area (Å²) in [5, 5.41) is 2.83. The highest BCUT2D eigenvalue weighted by Gasteiger charge is 2.28. The molecule has 0 aliphatic carbocycles. The van der Waals surface area contributed by atoms with Crippen molar-refractivity contribution in [2.24, 2.45) is 5.92 Å². The molecule has 2 rings (SSSR count). The number of piperidine rings is 1. The lowest BCUT2D eigenvalue weighted by molar-refractivity contribution is -0.134. The first-order valence-corrected chi connectivity index (χ1v) is 8.59. The predicted octanol–water partition coefficient (Wildman–Crippen LogP) is 3.21. The highest BCUT2D eigenvalue weighted by Crippen LogP contribution is 2.20. The van der Waals surface area contributed by atoms with Crippen LogP contribution in [0.25, 0.3) is 0 Å². The number of rotatable bonds is 5. The first-order chi connectivity index (χ1) is 10.6. The maximum absolute atomic E-state index is 12.3. The lowest BCUT2D eigenvalue weighted by Gasteiger charge is -2.32. The Morgan fingerprint density at radius 3 is 2.95 bits per heavy atom. The van der Waals surface area contributed by atoms with Crippen LogP contribution >= 0.6 is 15.9 Å². The molecule has 1 aromatic rings. The van der Waals surface area contributed by atoms with E-state index in [1.165, 1.54) is 0 Å². The second kappa shape index (κ2) is 8.27. The zero-order chi connectivity index (χ0) is 15.9. The van der Waals surface area contributed by atoms with Crippen LogP contribution in [0, 0.1) is 5.92 Å². The molecular formula is C16H22BrN3O2. The number of nitrogens with zero attached hydrogens (tertiary/aromatic N) is 2. The predicted molar refractivity (Wildman–Crippen MR) is 89.4 cm³/mol. The maximum Gasteiger partial charge on any atom is 0.230 e. The van der Waals surface area contributed by atoms with Crippen LogP contribution in [-0.2, 0) is 9.59 Å². The van der Waals surface area contributed by atoms with Crippen LogP contribution in [0.15, 0.2) is 22.8 Å². The summed E-state index contributed by atoms with van der Waals surface area (Å²) < 4.78 is 0.871. The molecule has 22 heavy (non-hydrogen) atoms. The molecule has 1 N–H and O–H groups in total. The summed E-state index contributed by atoms with van der Waals surface area (Å²) in [5.41, 5.74) is 0. The van der Waals surface area contributed by atoms with Gasteiger partial charge in [-0.25, -0.2) is 4.98 Å². The van der Waals surface area contributed by atoms with Gasteiger partial charge in [0.25, 0.3) is 0 Å². The van der Waals surface area contributed by atoms with Crippen molar-refractivity contribution >= 4 is 33.6 Å². The minimum Gasteiger partial charge on any atom is -0.342 e. The van der Waals surface area contributed by atoms with Crippen molar-refractivity contribution in [2.45, 2.75) is 39.0 Å². The fourth-order valence-corrected chi connectivity index (χ4v) is 2.82. The summed E-state index contributed by atoms with van der Waals surface area (Å²) in [6.07, 6.45) is 5.85. The van der Waals surface area contributed by atoms with Gasteiger partial charge in [0.15, 0.2) is 0 Å². The van der Waals surface area contributed by atoms with Crippen molar-refractivity contribution in [3.8, 4) is 0 Å². The first kappa shape index (κ1) is 16.9. The molecule has 0 spiro atoms. The Balaban J connectivity index is 1.89. The van der Waals surface area contributed by atoms with Crippen molar-refractivity contribution in [3.63, 3.8) is 0 Å². The number of nitrogens with one attached hydrogen (secondary N) is 1. The summed E-state index contributed by atoms with van der Waals surface area (Å²) in [6.45, 7) is 3.36. The smallest absolute Gasteiger partial charge is 0.230 e. The molecule has 5 nitrogen and oxygen atoms in total. The van der Waals surface area contributed by atoms with Crippen LogP contribution in [0.4, 0.5) is 5.82 Å². The summed E-state index contributed by atoms with van der Waals surface area (Å²) in [7, 11) is 0. The zero-order valence-electron chi connectivity index (χ0n) is 12.8. The normalized spacial score (nSPS) is 18.1. The van der Waals surface area contributed by atoms with Crippen LogP contribution in [0.2, 0.25) is 0 Å². The lowest BCUT2D eigenvalue weighted by atomic mass is 9.96. The molecule has 0 saturated carbocycles. The number of unbranched alkanes of at least 4 members (excludes halogenated alkanes) is 1. The monoisotopic (exact) mass is 367 g/mol. The first-order valence-electron chi connectivity index (χ1n) is 7.80. The van der Waals surface area contributed by atoms with Gasteiger partial charge in [0.2, 0.25) is 11.8 Å². The standard InChI is InChI=1S/C16H22BrN3O2/c1-2-3-6-15(21)20-9-4-5-12(11-20)16(22)19-14-8-7-13(17)10-18-14/h7-8,10,12H,2-6,9,11H2,1H3,(H,18,19,22). The summed E-state index contributed by atoms with van der Waals surface area (Å²) in [4.78, 5) is 30.4. The molecule has 1 aliphatic rings. The Bertz CT molecular complexity index is 519. The number of anilines is 1. The number of amides is 2. The van der Waals surface area contributed by atoms with Gasteiger partial charge in [-0.2, -0.15) is 0 Å². The molecule has 1 saturated heterocycles. The molecule has 1 aliphatic heterocycles. The number of carbonyl (C=O) groups excluding carboxylic acids is 2. The van der Waals surface area contributed by atoms with E-state index >= 15 is 0 Å². The van der Waals surface area contributed by atoms with Gasteiger partial charge in [-0.3, -0.25) is 9.59 Å². The lowest BCUT2D eigenvalue weighted by Crippen LogP contribution is -2.43. The molecule has 2 amide bonds. The Morgan fingerprint density at radius 1 is 1.45 bits per heavy atom. The van der Waals surface area contributed by atoms with Crippen molar-refractivity contribution in [3.05, 3.63) is 22.8 Å². The van der Waals surface area contributed by atoms with Crippen LogP contribution < -0.4 is 5.32 Å². The highest BCUT2D eigenvalue weighted by atomic mass is 79.9. The number of hydrogen-bond acceptors (Lipinski definition) is 3. The Hall–Kier alpha value is -1.43. The Labute approximate surface area is 139 Å². The molecule has 2 heterocycles. The minimum atomic E-state index is -0.148. The summed E-state index contributed by atoms with van der Waals surface area (Å²) >= 11 is 3.31. The molecule has 1 aromatic heterocycles. The number of carbonyl (C=O) groups is 2. The molecule has 1 atom stereocenters. The van der Waals surface area contributed by atoms with E-state index in [9.17, 15) is 9.59 Å². The van der Waals surface area contributed by atoms with E-state index in [4.69, 9.17) is 0 Å².